The molecule has 1 aliphatic heterocycles. The van der Waals surface area contributed by atoms with E-state index in [0.717, 1.165) is 47.8 Å². The number of hydrogen-bond acceptors (Lipinski definition) is 6. The Balaban J connectivity index is 1.35. The van der Waals surface area contributed by atoms with Crippen molar-refractivity contribution in [3.63, 3.8) is 0 Å². The molecule has 7 heteroatoms. The quantitative estimate of drug-likeness (QED) is 0.404. The third-order valence-electron chi connectivity index (χ3n) is 5.51. The first-order chi connectivity index (χ1) is 15.6. The summed E-state index contributed by atoms with van der Waals surface area (Å²) in [7, 11) is 0. The van der Waals surface area contributed by atoms with Gasteiger partial charge in [-0.3, -0.25) is 4.90 Å². The Morgan fingerprint density at radius 3 is 2.62 bits per heavy atom. The molecule has 2 N–H and O–H groups in total. The second-order valence-electron chi connectivity index (χ2n) is 7.78. The Labute approximate surface area is 190 Å². The van der Waals surface area contributed by atoms with Crippen LogP contribution in [-0.2, 0) is 19.5 Å². The number of hydrogen-bond donors (Lipinski definition) is 2. The smallest absolute Gasteiger partial charge is 0.175 e. The van der Waals surface area contributed by atoms with Gasteiger partial charge < -0.3 is 19.5 Å². The zero-order valence-electron chi connectivity index (χ0n) is 17.2. The molecule has 0 amide bonds. The number of nitrogens with zero attached hydrogens (tertiary/aromatic N) is 2. The number of ether oxygens (including phenoxy) is 1. The predicted octanol–water partition coefficient (Wildman–Crippen LogP) is 5.76. The van der Waals surface area contributed by atoms with Gasteiger partial charge in [0, 0.05) is 37.7 Å². The molecular weight excluding hydrogens is 428 g/mol. The summed E-state index contributed by atoms with van der Waals surface area (Å²) in [6.07, 6.45) is 0.742. The predicted molar refractivity (Wildman–Crippen MR) is 121 cm³/mol. The summed E-state index contributed by atoms with van der Waals surface area (Å²) in [6, 6.07) is 20.5. The van der Waals surface area contributed by atoms with Crippen molar-refractivity contribution >= 4 is 11.6 Å². The van der Waals surface area contributed by atoms with Crippen LogP contribution in [0.3, 0.4) is 0 Å². The lowest BCUT2D eigenvalue weighted by molar-refractivity contribution is 0.244. The third-order valence-corrected chi connectivity index (χ3v) is 5.81. The minimum absolute atomic E-state index is 0.103. The highest BCUT2D eigenvalue weighted by molar-refractivity contribution is 6.32. The van der Waals surface area contributed by atoms with Gasteiger partial charge in [-0.15, -0.1) is 0 Å². The van der Waals surface area contributed by atoms with Gasteiger partial charge in [0.05, 0.1) is 16.3 Å². The van der Waals surface area contributed by atoms with E-state index in [9.17, 15) is 10.2 Å². The molecule has 0 spiro atoms. The Morgan fingerprint density at radius 2 is 1.78 bits per heavy atom. The van der Waals surface area contributed by atoms with E-state index >= 15 is 0 Å². The summed E-state index contributed by atoms with van der Waals surface area (Å²) in [5.41, 5.74) is 3.35. The van der Waals surface area contributed by atoms with E-state index in [1.54, 1.807) is 0 Å². The number of benzene rings is 3. The first-order valence-corrected chi connectivity index (χ1v) is 10.7. The number of phenolic OH excluding ortho intramolecular Hbond substituents is 2. The number of halogens is 1. The number of aromatic hydroxyl groups is 2. The van der Waals surface area contributed by atoms with Crippen LogP contribution in [-0.4, -0.2) is 26.8 Å². The van der Waals surface area contributed by atoms with Crippen LogP contribution in [0.1, 0.15) is 16.8 Å². The van der Waals surface area contributed by atoms with Crippen LogP contribution >= 0.6 is 11.6 Å². The molecule has 0 unspecified atom stereocenters. The van der Waals surface area contributed by atoms with Crippen molar-refractivity contribution in [3.8, 4) is 34.3 Å². The van der Waals surface area contributed by atoms with E-state index < -0.39 is 0 Å². The third kappa shape index (κ3) is 4.15. The maximum absolute atomic E-state index is 10.3. The average Bonchev–Trinajstić information content (AvgIpc) is 3.20. The highest BCUT2D eigenvalue weighted by Crippen LogP contribution is 2.40. The Morgan fingerprint density at radius 1 is 0.969 bits per heavy atom. The fourth-order valence-electron chi connectivity index (χ4n) is 3.94. The maximum Gasteiger partial charge on any atom is 0.175 e. The van der Waals surface area contributed by atoms with Crippen LogP contribution in [0.5, 0.6) is 23.0 Å². The van der Waals surface area contributed by atoms with Crippen molar-refractivity contribution in [2.45, 2.75) is 19.5 Å². The molecule has 0 aliphatic carbocycles. The van der Waals surface area contributed by atoms with Crippen molar-refractivity contribution in [3.05, 3.63) is 88.6 Å². The second kappa shape index (κ2) is 8.57. The minimum atomic E-state index is -0.180. The molecule has 1 aliphatic rings. The molecular formula is C25H21ClN2O4. The number of rotatable bonds is 5. The van der Waals surface area contributed by atoms with Gasteiger partial charge >= 0.3 is 0 Å². The van der Waals surface area contributed by atoms with Gasteiger partial charge in [-0.05, 0) is 35.9 Å². The van der Waals surface area contributed by atoms with Crippen LogP contribution in [0, 0.1) is 0 Å². The molecule has 0 fully saturated rings. The topological polar surface area (TPSA) is 79.0 Å². The van der Waals surface area contributed by atoms with Crippen molar-refractivity contribution in [2.75, 3.05) is 6.54 Å². The zero-order valence-corrected chi connectivity index (χ0v) is 17.9. The lowest BCUT2D eigenvalue weighted by Crippen LogP contribution is -2.30. The summed E-state index contributed by atoms with van der Waals surface area (Å²) in [4.78, 5) is 2.30. The van der Waals surface area contributed by atoms with Crippen LogP contribution in [0.4, 0.5) is 0 Å². The fourth-order valence-corrected chi connectivity index (χ4v) is 4.10. The molecule has 6 nitrogen and oxygen atoms in total. The van der Waals surface area contributed by atoms with E-state index in [4.69, 9.17) is 20.9 Å². The van der Waals surface area contributed by atoms with Gasteiger partial charge in [-0.2, -0.15) is 0 Å². The number of phenols is 2. The van der Waals surface area contributed by atoms with Crippen molar-refractivity contribution in [2.24, 2.45) is 0 Å². The molecule has 0 radical (unpaired) electrons. The summed E-state index contributed by atoms with van der Waals surface area (Å²) in [5.74, 6) is 1.79. The van der Waals surface area contributed by atoms with Gasteiger partial charge in [0.15, 0.2) is 5.76 Å². The minimum Gasteiger partial charge on any atom is -0.507 e. The zero-order chi connectivity index (χ0) is 22.1. The first-order valence-electron chi connectivity index (χ1n) is 10.3. The summed E-state index contributed by atoms with van der Waals surface area (Å²) in [6.45, 7) is 2.19. The maximum atomic E-state index is 10.3. The van der Waals surface area contributed by atoms with Crippen LogP contribution in [0.2, 0.25) is 5.02 Å². The van der Waals surface area contributed by atoms with E-state index in [0.29, 0.717) is 17.9 Å². The molecule has 0 saturated heterocycles. The lowest BCUT2D eigenvalue weighted by Gasteiger charge is -2.26. The highest BCUT2D eigenvalue weighted by atomic mass is 35.5. The Kier molecular flexibility index (Phi) is 5.47. The number of fused-ring (bicyclic) bond motifs is 1. The first kappa shape index (κ1) is 20.4. The normalized spacial score (nSPS) is 13.7. The van der Waals surface area contributed by atoms with Crippen molar-refractivity contribution in [1.82, 2.24) is 10.1 Å². The van der Waals surface area contributed by atoms with Crippen LogP contribution in [0.25, 0.3) is 11.3 Å². The van der Waals surface area contributed by atoms with Crippen LogP contribution in [0.15, 0.2) is 71.3 Å². The van der Waals surface area contributed by atoms with E-state index in [2.05, 4.69) is 16.1 Å². The molecule has 0 saturated carbocycles. The Hall–Kier alpha value is -3.48. The number of aromatic nitrogens is 1. The molecule has 32 heavy (non-hydrogen) atoms. The SMILES string of the molecule is Oc1cc(O)c(-c2onc3c2CN(Cc2cccc(Oc4ccccc4)c2)CC3)cc1Cl. The molecule has 4 aromatic rings. The lowest BCUT2D eigenvalue weighted by atomic mass is 10.0. The standard InChI is InChI=1S/C25H21ClN2O4/c26-21-12-19(23(29)13-24(21)30)25-20-15-28(10-9-22(20)27-32-25)14-16-5-4-8-18(11-16)31-17-6-2-1-3-7-17/h1-8,11-13,29-30H,9-10,14-15H2. The van der Waals surface area contributed by atoms with E-state index in [1.165, 1.54) is 12.1 Å². The van der Waals surface area contributed by atoms with Gasteiger partial charge in [-0.25, -0.2) is 0 Å². The van der Waals surface area contributed by atoms with Gasteiger partial charge in [0.2, 0.25) is 0 Å². The average molecular weight is 449 g/mol. The van der Waals surface area contributed by atoms with E-state index in [1.807, 2.05) is 48.5 Å². The molecule has 3 aromatic carbocycles. The van der Waals surface area contributed by atoms with Gasteiger partial charge in [-0.1, -0.05) is 47.1 Å². The number of para-hydroxylation sites is 1. The molecule has 162 valence electrons. The van der Waals surface area contributed by atoms with Crippen LogP contribution < -0.4 is 4.74 Å². The second-order valence-corrected chi connectivity index (χ2v) is 8.19. The summed E-state index contributed by atoms with van der Waals surface area (Å²) in [5, 5.41) is 24.4. The fraction of sp³-hybridized carbons (Fsp3) is 0.160. The largest absolute Gasteiger partial charge is 0.507 e. The summed E-state index contributed by atoms with van der Waals surface area (Å²) >= 11 is 6.05. The summed E-state index contributed by atoms with van der Waals surface area (Å²) < 4.78 is 11.5. The molecule has 0 atom stereocenters. The van der Waals surface area contributed by atoms with Gasteiger partial charge in [0.25, 0.3) is 0 Å². The molecule has 5 rings (SSSR count). The van der Waals surface area contributed by atoms with Gasteiger partial charge in [0.1, 0.15) is 23.0 Å². The highest BCUT2D eigenvalue weighted by Gasteiger charge is 2.27. The Bertz CT molecular complexity index is 1260. The van der Waals surface area contributed by atoms with E-state index in [-0.39, 0.29) is 16.5 Å². The van der Waals surface area contributed by atoms with Crippen molar-refractivity contribution in [1.29, 1.82) is 0 Å². The molecule has 2 heterocycles. The molecule has 1 aromatic heterocycles. The molecule has 0 bridgehead atoms. The monoisotopic (exact) mass is 448 g/mol. The van der Waals surface area contributed by atoms with Crippen molar-refractivity contribution < 1.29 is 19.5 Å².